The third-order valence-electron chi connectivity index (χ3n) is 6.86. The molecule has 0 aromatic heterocycles. The van der Waals surface area contributed by atoms with Crippen molar-refractivity contribution in [3.63, 3.8) is 0 Å². The van der Waals surface area contributed by atoms with Gasteiger partial charge in [-0.25, -0.2) is 0 Å². The molecule has 2 heterocycles. The third kappa shape index (κ3) is 4.75. The molecule has 8 nitrogen and oxygen atoms in total. The van der Waals surface area contributed by atoms with E-state index in [2.05, 4.69) is 17.0 Å². The fourth-order valence-corrected chi connectivity index (χ4v) is 4.86. The largest absolute Gasteiger partial charge is 0.497 e. The van der Waals surface area contributed by atoms with Crippen molar-refractivity contribution in [3.8, 4) is 34.5 Å². The maximum Gasteiger partial charge on any atom is 0.231 e. The van der Waals surface area contributed by atoms with E-state index in [4.69, 9.17) is 28.4 Å². The fourth-order valence-electron chi connectivity index (χ4n) is 4.86. The number of fused-ring (bicyclic) bond motifs is 2. The molecule has 2 aliphatic rings. The highest BCUT2D eigenvalue weighted by Gasteiger charge is 2.33. The van der Waals surface area contributed by atoms with Crippen molar-refractivity contribution in [2.75, 3.05) is 41.7 Å². The Hall–Kier alpha value is -4.17. The molecule has 5 rings (SSSR count). The zero-order valence-electron chi connectivity index (χ0n) is 22.3. The first-order valence-electron chi connectivity index (χ1n) is 12.3. The maximum atomic E-state index is 13.4. The Morgan fingerprint density at radius 3 is 2.26 bits per heavy atom. The second-order valence-corrected chi connectivity index (χ2v) is 9.19. The summed E-state index contributed by atoms with van der Waals surface area (Å²) in [6.07, 6.45) is 2.57. The lowest BCUT2D eigenvalue weighted by Gasteiger charge is -2.30. The molecule has 0 amide bonds. The van der Waals surface area contributed by atoms with Gasteiger partial charge in [0.25, 0.3) is 0 Å². The van der Waals surface area contributed by atoms with Crippen LogP contribution in [-0.4, -0.2) is 52.4 Å². The van der Waals surface area contributed by atoms with Gasteiger partial charge in [-0.1, -0.05) is 12.1 Å². The van der Waals surface area contributed by atoms with Crippen LogP contribution in [0.2, 0.25) is 0 Å². The minimum absolute atomic E-state index is 0.171. The van der Waals surface area contributed by atoms with Crippen molar-refractivity contribution in [2.45, 2.75) is 19.9 Å². The number of carbonyl (C=O) groups excluding carboxylic acids is 1. The van der Waals surface area contributed by atoms with E-state index in [0.29, 0.717) is 47.4 Å². The van der Waals surface area contributed by atoms with Crippen LogP contribution < -0.4 is 28.4 Å². The van der Waals surface area contributed by atoms with Crippen molar-refractivity contribution >= 4 is 11.9 Å². The number of ketones is 1. The van der Waals surface area contributed by atoms with Gasteiger partial charge in [0.15, 0.2) is 17.3 Å². The van der Waals surface area contributed by atoms with Crippen LogP contribution in [-0.2, 0) is 13.0 Å². The van der Waals surface area contributed by atoms with Crippen molar-refractivity contribution < 1.29 is 33.2 Å². The standard InChI is InChI=1S/C30H31NO7/c1-18-28-21(16-31(17-37-28)11-10-19-6-8-22(33-2)9-7-19)15-23-27(32)24(38-29(18)23)12-20-13-25(34-3)30(36-5)26(14-20)35-4/h6-9,12-15H,10-11,16-17H2,1-5H3/b24-12-. The molecule has 38 heavy (non-hydrogen) atoms. The van der Waals surface area contributed by atoms with Crippen molar-refractivity contribution in [1.82, 2.24) is 4.90 Å². The van der Waals surface area contributed by atoms with Gasteiger partial charge in [0.05, 0.1) is 34.0 Å². The van der Waals surface area contributed by atoms with Crippen LogP contribution in [0.1, 0.15) is 32.6 Å². The van der Waals surface area contributed by atoms with Gasteiger partial charge in [0.2, 0.25) is 11.5 Å². The van der Waals surface area contributed by atoms with Crippen LogP contribution >= 0.6 is 0 Å². The molecule has 0 atom stereocenters. The Bertz CT molecular complexity index is 1370. The summed E-state index contributed by atoms with van der Waals surface area (Å²) in [7, 11) is 6.31. The lowest BCUT2D eigenvalue weighted by Crippen LogP contribution is -2.34. The average Bonchev–Trinajstić information content (AvgIpc) is 3.26. The molecule has 0 radical (unpaired) electrons. The number of ether oxygens (including phenoxy) is 6. The molecular weight excluding hydrogens is 486 g/mol. The van der Waals surface area contributed by atoms with E-state index in [1.54, 1.807) is 46.6 Å². The summed E-state index contributed by atoms with van der Waals surface area (Å²) in [5.74, 6) is 3.71. The monoisotopic (exact) mass is 517 g/mol. The first kappa shape index (κ1) is 25.5. The zero-order valence-corrected chi connectivity index (χ0v) is 22.3. The molecule has 0 saturated heterocycles. The average molecular weight is 518 g/mol. The van der Waals surface area contributed by atoms with E-state index in [0.717, 1.165) is 35.6 Å². The number of carbonyl (C=O) groups is 1. The van der Waals surface area contributed by atoms with Crippen molar-refractivity contribution in [1.29, 1.82) is 0 Å². The normalized spacial score (nSPS) is 15.4. The molecule has 0 bridgehead atoms. The van der Waals surface area contributed by atoms with Crippen molar-refractivity contribution in [3.05, 3.63) is 76.0 Å². The van der Waals surface area contributed by atoms with Gasteiger partial charge < -0.3 is 28.4 Å². The molecule has 0 saturated carbocycles. The second kappa shape index (κ2) is 10.7. The van der Waals surface area contributed by atoms with Crippen molar-refractivity contribution in [2.24, 2.45) is 0 Å². The summed E-state index contributed by atoms with van der Waals surface area (Å²) >= 11 is 0. The van der Waals surface area contributed by atoms with Crippen LogP contribution in [0.4, 0.5) is 0 Å². The Morgan fingerprint density at radius 2 is 1.63 bits per heavy atom. The first-order chi connectivity index (χ1) is 18.4. The van der Waals surface area contributed by atoms with Crippen LogP contribution in [0.3, 0.4) is 0 Å². The van der Waals surface area contributed by atoms with Gasteiger partial charge in [-0.2, -0.15) is 0 Å². The summed E-state index contributed by atoms with van der Waals surface area (Å²) in [5, 5.41) is 0. The molecule has 0 fully saturated rings. The summed E-state index contributed by atoms with van der Waals surface area (Å²) < 4.78 is 33.7. The van der Waals surface area contributed by atoms with E-state index in [9.17, 15) is 4.79 Å². The van der Waals surface area contributed by atoms with Crippen LogP contribution in [0.15, 0.2) is 48.2 Å². The number of nitrogens with zero attached hydrogens (tertiary/aromatic N) is 1. The lowest BCUT2D eigenvalue weighted by atomic mass is 9.99. The smallest absolute Gasteiger partial charge is 0.231 e. The van der Waals surface area contributed by atoms with Gasteiger partial charge in [-0.15, -0.1) is 0 Å². The summed E-state index contributed by atoms with van der Waals surface area (Å²) in [6.45, 7) is 3.93. The Kier molecular flexibility index (Phi) is 7.15. The van der Waals surface area contributed by atoms with Crippen LogP contribution in [0, 0.1) is 6.92 Å². The van der Waals surface area contributed by atoms with E-state index in [1.165, 1.54) is 5.56 Å². The van der Waals surface area contributed by atoms with Gasteiger partial charge in [-0.05, 0) is 60.9 Å². The molecule has 0 aliphatic carbocycles. The SMILES string of the molecule is COc1ccc(CCN2COc3c(cc4c(c3C)O/C(=C\c3cc(OC)c(OC)c(OC)c3)C4=O)C2)cc1. The topological polar surface area (TPSA) is 75.7 Å². The van der Waals surface area contributed by atoms with E-state index in [-0.39, 0.29) is 11.5 Å². The van der Waals surface area contributed by atoms with Gasteiger partial charge in [-0.3, -0.25) is 9.69 Å². The molecule has 0 unspecified atom stereocenters. The number of hydrogen-bond donors (Lipinski definition) is 0. The van der Waals surface area contributed by atoms with E-state index in [1.807, 2.05) is 25.1 Å². The predicted octanol–water partition coefficient (Wildman–Crippen LogP) is 5.04. The number of allylic oxidation sites excluding steroid dienone is 1. The number of Topliss-reactive ketones (excluding diaryl/α,β-unsaturated/α-hetero) is 1. The molecule has 198 valence electrons. The van der Waals surface area contributed by atoms with Gasteiger partial charge in [0.1, 0.15) is 24.0 Å². The molecule has 2 aliphatic heterocycles. The van der Waals surface area contributed by atoms with Crippen LogP contribution in [0.5, 0.6) is 34.5 Å². The number of hydrogen-bond acceptors (Lipinski definition) is 8. The molecule has 0 spiro atoms. The quantitative estimate of drug-likeness (QED) is 0.385. The van der Waals surface area contributed by atoms with Gasteiger partial charge >= 0.3 is 0 Å². The summed E-state index contributed by atoms with van der Waals surface area (Å²) in [6, 6.07) is 13.5. The Labute approximate surface area is 222 Å². The number of benzene rings is 3. The fraction of sp³-hybridized carbons (Fsp3) is 0.300. The highest BCUT2D eigenvalue weighted by molar-refractivity contribution is 6.15. The molecule has 3 aromatic rings. The van der Waals surface area contributed by atoms with Gasteiger partial charge in [0, 0.05) is 24.2 Å². The second-order valence-electron chi connectivity index (χ2n) is 9.19. The highest BCUT2D eigenvalue weighted by Crippen LogP contribution is 2.44. The molecule has 8 heteroatoms. The summed E-state index contributed by atoms with van der Waals surface area (Å²) in [4.78, 5) is 15.6. The molecular formula is C30H31NO7. The maximum absolute atomic E-state index is 13.4. The summed E-state index contributed by atoms with van der Waals surface area (Å²) in [5.41, 5.74) is 4.27. The number of methoxy groups -OCH3 is 4. The first-order valence-corrected chi connectivity index (χ1v) is 12.3. The minimum atomic E-state index is -0.171. The van der Waals surface area contributed by atoms with E-state index >= 15 is 0 Å². The Balaban J connectivity index is 1.36. The predicted molar refractivity (Wildman–Crippen MR) is 143 cm³/mol. The zero-order chi connectivity index (χ0) is 26.8. The van der Waals surface area contributed by atoms with E-state index < -0.39 is 0 Å². The lowest BCUT2D eigenvalue weighted by molar-refractivity contribution is 0.0954. The number of rotatable bonds is 8. The Morgan fingerprint density at radius 1 is 0.921 bits per heavy atom. The highest BCUT2D eigenvalue weighted by atomic mass is 16.5. The molecule has 0 N–H and O–H groups in total. The minimum Gasteiger partial charge on any atom is -0.497 e. The third-order valence-corrected chi connectivity index (χ3v) is 6.86. The molecule has 3 aromatic carbocycles. The van der Waals surface area contributed by atoms with Crippen LogP contribution in [0.25, 0.3) is 6.08 Å².